The van der Waals surface area contributed by atoms with Gasteiger partial charge in [0.15, 0.2) is 0 Å². The van der Waals surface area contributed by atoms with Crippen molar-refractivity contribution in [3.8, 4) is 0 Å². The second kappa shape index (κ2) is 8.41. The SMILES string of the molecule is C=CCN1C(=O)c2ccc(C(=O)OCCSc3ccc(Cl)cc3)cc2C1=O. The smallest absolute Gasteiger partial charge is 0.338 e. The summed E-state index contributed by atoms with van der Waals surface area (Å²) in [6.07, 6.45) is 1.48. The summed E-state index contributed by atoms with van der Waals surface area (Å²) in [7, 11) is 0. The molecular weight excluding hydrogens is 386 g/mol. The predicted molar refractivity (Wildman–Crippen MR) is 104 cm³/mol. The van der Waals surface area contributed by atoms with Crippen molar-refractivity contribution in [2.24, 2.45) is 0 Å². The summed E-state index contributed by atoms with van der Waals surface area (Å²) >= 11 is 7.38. The van der Waals surface area contributed by atoms with E-state index in [9.17, 15) is 14.4 Å². The van der Waals surface area contributed by atoms with E-state index in [1.54, 1.807) is 23.9 Å². The van der Waals surface area contributed by atoms with Crippen LogP contribution in [0.4, 0.5) is 0 Å². The maximum atomic E-state index is 12.3. The molecule has 5 nitrogen and oxygen atoms in total. The third-order valence-corrected chi connectivity index (χ3v) is 5.15. The van der Waals surface area contributed by atoms with Gasteiger partial charge >= 0.3 is 5.97 Å². The molecule has 27 heavy (non-hydrogen) atoms. The quantitative estimate of drug-likeness (QED) is 0.230. The fourth-order valence-corrected chi connectivity index (χ4v) is 3.48. The van der Waals surface area contributed by atoms with Crippen LogP contribution in [0.5, 0.6) is 0 Å². The maximum absolute atomic E-state index is 12.3. The molecule has 1 aliphatic rings. The molecule has 0 atom stereocenters. The molecule has 2 aromatic rings. The Morgan fingerprint density at radius 1 is 1.11 bits per heavy atom. The number of carbonyl (C=O) groups is 3. The zero-order valence-corrected chi connectivity index (χ0v) is 15.9. The predicted octanol–water partition coefficient (Wildman–Crippen LogP) is 4.07. The van der Waals surface area contributed by atoms with Gasteiger partial charge in [0.25, 0.3) is 11.8 Å². The van der Waals surface area contributed by atoms with Gasteiger partial charge < -0.3 is 4.74 Å². The van der Waals surface area contributed by atoms with Crippen molar-refractivity contribution in [1.29, 1.82) is 0 Å². The van der Waals surface area contributed by atoms with Crippen LogP contribution >= 0.6 is 23.4 Å². The molecule has 0 N–H and O–H groups in total. The van der Waals surface area contributed by atoms with Crippen LogP contribution in [0.3, 0.4) is 0 Å². The van der Waals surface area contributed by atoms with Gasteiger partial charge in [-0.3, -0.25) is 14.5 Å². The first-order chi connectivity index (χ1) is 13.0. The Bertz CT molecular complexity index is 911. The lowest BCUT2D eigenvalue weighted by Crippen LogP contribution is -2.29. The van der Waals surface area contributed by atoms with E-state index in [0.717, 1.165) is 9.80 Å². The highest BCUT2D eigenvalue weighted by molar-refractivity contribution is 7.99. The van der Waals surface area contributed by atoms with E-state index in [1.165, 1.54) is 24.3 Å². The Hall–Kier alpha value is -2.57. The molecule has 138 valence electrons. The van der Waals surface area contributed by atoms with Gasteiger partial charge in [0.2, 0.25) is 0 Å². The minimum absolute atomic E-state index is 0.133. The van der Waals surface area contributed by atoms with Crippen LogP contribution in [0.15, 0.2) is 60.0 Å². The summed E-state index contributed by atoms with van der Waals surface area (Å²) in [5.74, 6) is -0.753. The number of hydrogen-bond donors (Lipinski definition) is 0. The van der Waals surface area contributed by atoms with E-state index >= 15 is 0 Å². The standard InChI is InChI=1S/C20H16ClNO4S/c1-2-9-22-18(23)16-8-3-13(12-17(16)19(22)24)20(25)26-10-11-27-15-6-4-14(21)5-7-15/h2-8,12H,1,9-11H2. The fraction of sp³-hybridized carbons (Fsp3) is 0.150. The number of nitrogens with zero attached hydrogens (tertiary/aromatic N) is 1. The monoisotopic (exact) mass is 401 g/mol. The molecule has 0 radical (unpaired) electrons. The number of imide groups is 1. The first-order valence-corrected chi connectivity index (χ1v) is 9.54. The number of carbonyl (C=O) groups excluding carboxylic acids is 3. The van der Waals surface area contributed by atoms with E-state index in [1.807, 2.05) is 12.1 Å². The summed E-state index contributed by atoms with van der Waals surface area (Å²) in [6.45, 7) is 3.89. The zero-order valence-electron chi connectivity index (χ0n) is 14.3. The van der Waals surface area contributed by atoms with Crippen molar-refractivity contribution in [3.63, 3.8) is 0 Å². The van der Waals surface area contributed by atoms with Crippen LogP contribution in [-0.4, -0.2) is 41.6 Å². The molecule has 1 heterocycles. The van der Waals surface area contributed by atoms with Crippen molar-refractivity contribution >= 4 is 41.1 Å². The van der Waals surface area contributed by atoms with E-state index in [2.05, 4.69) is 6.58 Å². The topological polar surface area (TPSA) is 63.7 Å². The average molecular weight is 402 g/mol. The number of thioether (sulfide) groups is 1. The Morgan fingerprint density at radius 3 is 2.52 bits per heavy atom. The van der Waals surface area contributed by atoms with Gasteiger partial charge in [-0.05, 0) is 42.5 Å². The zero-order chi connectivity index (χ0) is 19.4. The van der Waals surface area contributed by atoms with E-state index in [-0.39, 0.29) is 35.7 Å². The fourth-order valence-electron chi connectivity index (χ4n) is 2.62. The van der Waals surface area contributed by atoms with Gasteiger partial charge in [0.1, 0.15) is 6.61 Å². The average Bonchev–Trinajstić information content (AvgIpc) is 2.91. The van der Waals surface area contributed by atoms with Crippen molar-refractivity contribution in [3.05, 3.63) is 76.8 Å². The van der Waals surface area contributed by atoms with Gasteiger partial charge in [-0.2, -0.15) is 0 Å². The molecule has 0 unspecified atom stereocenters. The Labute approximate surface area is 165 Å². The molecular formula is C20H16ClNO4S. The van der Waals surface area contributed by atoms with Crippen molar-refractivity contribution in [2.75, 3.05) is 18.9 Å². The van der Waals surface area contributed by atoms with Crippen molar-refractivity contribution in [2.45, 2.75) is 4.90 Å². The summed E-state index contributed by atoms with van der Waals surface area (Å²) < 4.78 is 5.26. The molecule has 1 aliphatic heterocycles. The second-order valence-electron chi connectivity index (χ2n) is 5.71. The molecule has 7 heteroatoms. The number of amides is 2. The number of fused-ring (bicyclic) bond motifs is 1. The molecule has 0 spiro atoms. The largest absolute Gasteiger partial charge is 0.461 e. The summed E-state index contributed by atoms with van der Waals surface area (Å²) in [5.41, 5.74) is 0.746. The van der Waals surface area contributed by atoms with Gasteiger partial charge in [0.05, 0.1) is 16.7 Å². The first-order valence-electron chi connectivity index (χ1n) is 8.18. The normalized spacial score (nSPS) is 12.9. The van der Waals surface area contributed by atoms with Gasteiger partial charge in [-0.1, -0.05) is 17.7 Å². The number of halogens is 1. The lowest BCUT2D eigenvalue weighted by Gasteiger charge is -2.09. The number of benzene rings is 2. The van der Waals surface area contributed by atoms with Crippen LogP contribution in [0.1, 0.15) is 31.1 Å². The lowest BCUT2D eigenvalue weighted by atomic mass is 10.1. The first kappa shape index (κ1) is 19.2. The Balaban J connectivity index is 1.58. The Morgan fingerprint density at radius 2 is 1.81 bits per heavy atom. The third-order valence-electron chi connectivity index (χ3n) is 3.92. The minimum atomic E-state index is -0.531. The Kier molecular flexibility index (Phi) is 5.98. The molecule has 2 amide bonds. The molecule has 0 fully saturated rings. The molecule has 0 saturated carbocycles. The number of ether oxygens (including phenoxy) is 1. The third kappa shape index (κ3) is 4.23. The van der Waals surface area contributed by atoms with Crippen LogP contribution in [0.2, 0.25) is 5.02 Å². The molecule has 0 saturated heterocycles. The molecule has 2 aromatic carbocycles. The second-order valence-corrected chi connectivity index (χ2v) is 7.31. The van der Waals surface area contributed by atoms with Crippen LogP contribution in [0, 0.1) is 0 Å². The number of hydrogen-bond acceptors (Lipinski definition) is 5. The molecule has 0 aromatic heterocycles. The molecule has 0 aliphatic carbocycles. The highest BCUT2D eigenvalue weighted by Crippen LogP contribution is 2.24. The van der Waals surface area contributed by atoms with E-state index < -0.39 is 11.9 Å². The van der Waals surface area contributed by atoms with E-state index in [4.69, 9.17) is 16.3 Å². The summed E-state index contributed by atoms with van der Waals surface area (Å²) in [6, 6.07) is 11.8. The number of esters is 1. The minimum Gasteiger partial charge on any atom is -0.461 e. The maximum Gasteiger partial charge on any atom is 0.338 e. The summed E-state index contributed by atoms with van der Waals surface area (Å²) in [5, 5.41) is 0.669. The van der Waals surface area contributed by atoms with Gasteiger partial charge in [-0.15, -0.1) is 18.3 Å². The van der Waals surface area contributed by atoms with Crippen molar-refractivity contribution in [1.82, 2.24) is 4.90 Å². The van der Waals surface area contributed by atoms with Crippen molar-refractivity contribution < 1.29 is 19.1 Å². The van der Waals surface area contributed by atoms with Crippen LogP contribution in [-0.2, 0) is 4.74 Å². The van der Waals surface area contributed by atoms with Crippen LogP contribution in [0.25, 0.3) is 0 Å². The summed E-state index contributed by atoms with van der Waals surface area (Å²) in [4.78, 5) is 38.8. The lowest BCUT2D eigenvalue weighted by molar-refractivity contribution is 0.0529. The van der Waals surface area contributed by atoms with Gasteiger partial charge in [0, 0.05) is 22.2 Å². The highest BCUT2D eigenvalue weighted by Gasteiger charge is 2.35. The van der Waals surface area contributed by atoms with Gasteiger partial charge in [-0.25, -0.2) is 4.79 Å². The number of rotatable bonds is 7. The molecule has 0 bridgehead atoms. The highest BCUT2D eigenvalue weighted by atomic mass is 35.5. The van der Waals surface area contributed by atoms with E-state index in [0.29, 0.717) is 10.8 Å². The molecule has 3 rings (SSSR count). The van der Waals surface area contributed by atoms with Crippen LogP contribution < -0.4 is 0 Å².